The van der Waals surface area contributed by atoms with Crippen molar-refractivity contribution in [1.82, 2.24) is 36.4 Å². The Kier molecular flexibility index (Phi) is 16.2. The maximum Gasteiger partial charge on any atom is 0.323 e. The first kappa shape index (κ1) is 34.5. The Hall–Kier alpha value is -3.54. The number of amides is 7. The highest BCUT2D eigenvalue weighted by Gasteiger charge is 2.30. The summed E-state index contributed by atoms with van der Waals surface area (Å²) in [4.78, 5) is 97.0. The molecule has 0 aromatic carbocycles. The molecule has 2 unspecified atom stereocenters. The standard InChI is InChI=1S/C20H33N7O9S2/c1-11(28)21-4-16(31)24-14(7-37)19(35)26(9-22-12(2)29)5-17(32)25-15(8-38)20(36)27(6-18(33)34)10-23-13(3)30/h14-15,37-38H,4-10H2,1-3H3,(H,21,28)(H,22,29)(H,23,30)(H,24,31)(H,25,32)(H,33,34). The first-order valence-electron chi connectivity index (χ1n) is 11.0. The SMILES string of the molecule is CC(=O)NCC(=O)NC(CS)C(=O)N(CNC(C)=O)CC(=O)NC(CS)C(=O)N(CNC(C)=O)CC(=O)O. The minimum atomic E-state index is -1.36. The number of nitrogens with zero attached hydrogens (tertiary/aromatic N) is 2. The van der Waals surface area contributed by atoms with Crippen LogP contribution in [0, 0.1) is 0 Å². The molecule has 0 aliphatic heterocycles. The van der Waals surface area contributed by atoms with E-state index in [-0.39, 0.29) is 11.5 Å². The molecule has 6 N–H and O–H groups in total. The highest BCUT2D eigenvalue weighted by Crippen LogP contribution is 2.01. The predicted octanol–water partition coefficient (Wildman–Crippen LogP) is -4.12. The van der Waals surface area contributed by atoms with Crippen LogP contribution in [0.5, 0.6) is 0 Å². The van der Waals surface area contributed by atoms with Gasteiger partial charge in [0, 0.05) is 32.3 Å². The quantitative estimate of drug-likeness (QED) is 0.0656. The summed E-state index contributed by atoms with van der Waals surface area (Å²) in [6.45, 7) is 0.831. The van der Waals surface area contributed by atoms with Crippen molar-refractivity contribution in [3.63, 3.8) is 0 Å². The van der Waals surface area contributed by atoms with Crippen molar-refractivity contribution in [2.75, 3.05) is 44.5 Å². The molecule has 0 aliphatic carbocycles. The third-order valence-corrected chi connectivity index (χ3v) is 5.18. The molecule has 16 nitrogen and oxygen atoms in total. The zero-order valence-corrected chi connectivity index (χ0v) is 22.9. The minimum absolute atomic E-state index is 0.187. The Morgan fingerprint density at radius 3 is 1.42 bits per heavy atom. The number of carbonyl (C=O) groups excluding carboxylic acids is 7. The molecular weight excluding hydrogens is 546 g/mol. The molecule has 0 rings (SSSR count). The van der Waals surface area contributed by atoms with E-state index in [1.807, 2.05) is 0 Å². The largest absolute Gasteiger partial charge is 0.480 e. The monoisotopic (exact) mass is 579 g/mol. The van der Waals surface area contributed by atoms with E-state index in [1.54, 1.807) is 0 Å². The molecule has 38 heavy (non-hydrogen) atoms. The lowest BCUT2D eigenvalue weighted by atomic mass is 10.2. The van der Waals surface area contributed by atoms with E-state index in [4.69, 9.17) is 5.11 Å². The Balaban J connectivity index is 5.55. The molecule has 0 radical (unpaired) electrons. The van der Waals surface area contributed by atoms with Gasteiger partial charge in [-0.2, -0.15) is 25.3 Å². The topological polar surface area (TPSA) is 223 Å². The minimum Gasteiger partial charge on any atom is -0.480 e. The van der Waals surface area contributed by atoms with Crippen LogP contribution in [0.3, 0.4) is 0 Å². The van der Waals surface area contributed by atoms with Gasteiger partial charge in [0.1, 0.15) is 25.2 Å². The Bertz CT molecular complexity index is 919. The summed E-state index contributed by atoms with van der Waals surface area (Å²) in [5, 5.41) is 20.7. The molecule has 0 aromatic rings. The Morgan fingerprint density at radius 2 is 1.05 bits per heavy atom. The Labute approximate surface area is 229 Å². The number of nitrogens with one attached hydrogen (secondary N) is 5. The van der Waals surface area contributed by atoms with Crippen LogP contribution in [0.25, 0.3) is 0 Å². The van der Waals surface area contributed by atoms with Crippen LogP contribution in [0.2, 0.25) is 0 Å². The van der Waals surface area contributed by atoms with Crippen molar-refractivity contribution >= 4 is 72.6 Å². The molecule has 2 atom stereocenters. The summed E-state index contributed by atoms with van der Waals surface area (Å²) < 4.78 is 0. The van der Waals surface area contributed by atoms with Crippen LogP contribution in [-0.4, -0.2) is 119 Å². The van der Waals surface area contributed by atoms with Crippen molar-refractivity contribution in [2.45, 2.75) is 32.9 Å². The number of hydrogen-bond donors (Lipinski definition) is 8. The highest BCUT2D eigenvalue weighted by molar-refractivity contribution is 7.80. The molecule has 7 amide bonds. The zero-order valence-electron chi connectivity index (χ0n) is 21.1. The van der Waals surface area contributed by atoms with Gasteiger partial charge in [0.2, 0.25) is 41.4 Å². The number of rotatable bonds is 16. The van der Waals surface area contributed by atoms with E-state index >= 15 is 0 Å². The predicted molar refractivity (Wildman–Crippen MR) is 139 cm³/mol. The number of carboxylic acids is 1. The van der Waals surface area contributed by atoms with Crippen molar-refractivity contribution in [3.8, 4) is 0 Å². The number of carboxylic acid groups (broad SMARTS) is 1. The molecule has 0 bridgehead atoms. The molecule has 0 aromatic heterocycles. The summed E-state index contributed by atoms with van der Waals surface area (Å²) in [5.41, 5.74) is 0. The summed E-state index contributed by atoms with van der Waals surface area (Å²) in [6, 6.07) is -2.55. The van der Waals surface area contributed by atoms with Crippen LogP contribution in [0.1, 0.15) is 20.8 Å². The van der Waals surface area contributed by atoms with Gasteiger partial charge in [0.25, 0.3) is 0 Å². The van der Waals surface area contributed by atoms with Gasteiger partial charge in [-0.25, -0.2) is 0 Å². The van der Waals surface area contributed by atoms with Crippen LogP contribution in [0.15, 0.2) is 0 Å². The van der Waals surface area contributed by atoms with Crippen LogP contribution >= 0.6 is 25.3 Å². The first-order valence-corrected chi connectivity index (χ1v) is 12.3. The molecule has 0 spiro atoms. The second kappa shape index (κ2) is 17.8. The van der Waals surface area contributed by atoms with Gasteiger partial charge in [-0.1, -0.05) is 0 Å². The summed E-state index contributed by atoms with van der Waals surface area (Å²) >= 11 is 8.06. The molecule has 0 saturated heterocycles. The lowest BCUT2D eigenvalue weighted by Gasteiger charge is -2.29. The zero-order chi connectivity index (χ0) is 29.4. The van der Waals surface area contributed by atoms with E-state index in [0.717, 1.165) is 9.80 Å². The lowest BCUT2D eigenvalue weighted by Crippen LogP contribution is -2.58. The number of carbonyl (C=O) groups is 8. The number of aliphatic carboxylic acids is 1. The summed E-state index contributed by atoms with van der Waals surface area (Å²) in [5.74, 6) is -6.53. The van der Waals surface area contributed by atoms with Crippen molar-refractivity contribution in [3.05, 3.63) is 0 Å². The maximum absolute atomic E-state index is 13.0. The van der Waals surface area contributed by atoms with Gasteiger partial charge in [0.15, 0.2) is 0 Å². The van der Waals surface area contributed by atoms with Gasteiger partial charge in [-0.15, -0.1) is 0 Å². The third-order valence-electron chi connectivity index (χ3n) is 4.45. The summed E-state index contributed by atoms with van der Waals surface area (Å²) in [6.07, 6.45) is 0. The molecular formula is C20H33N7O9S2. The molecule has 0 heterocycles. The normalized spacial score (nSPS) is 11.7. The maximum atomic E-state index is 13.0. The van der Waals surface area contributed by atoms with Crippen LogP contribution < -0.4 is 26.6 Å². The van der Waals surface area contributed by atoms with Gasteiger partial charge >= 0.3 is 5.97 Å². The van der Waals surface area contributed by atoms with Crippen molar-refractivity contribution in [2.24, 2.45) is 0 Å². The van der Waals surface area contributed by atoms with Gasteiger partial charge < -0.3 is 41.5 Å². The molecule has 18 heteroatoms. The van der Waals surface area contributed by atoms with Crippen LogP contribution in [0.4, 0.5) is 0 Å². The number of thiol groups is 2. The average molecular weight is 580 g/mol. The van der Waals surface area contributed by atoms with Crippen LogP contribution in [-0.2, 0) is 38.4 Å². The van der Waals surface area contributed by atoms with E-state index in [1.165, 1.54) is 20.8 Å². The van der Waals surface area contributed by atoms with Crippen molar-refractivity contribution < 1.29 is 43.5 Å². The fourth-order valence-electron chi connectivity index (χ4n) is 2.68. The van der Waals surface area contributed by atoms with E-state index < -0.39 is 92.4 Å². The van der Waals surface area contributed by atoms with Gasteiger partial charge in [-0.05, 0) is 0 Å². The number of hydrogen-bond acceptors (Lipinski definition) is 10. The lowest BCUT2D eigenvalue weighted by molar-refractivity contribution is -0.146. The second-order valence-electron chi connectivity index (χ2n) is 7.76. The fourth-order valence-corrected chi connectivity index (χ4v) is 3.17. The second-order valence-corrected chi connectivity index (χ2v) is 8.49. The first-order chi connectivity index (χ1) is 17.7. The third kappa shape index (κ3) is 14.3. The van der Waals surface area contributed by atoms with Crippen molar-refractivity contribution in [1.29, 1.82) is 0 Å². The Morgan fingerprint density at radius 1 is 0.658 bits per heavy atom. The highest BCUT2D eigenvalue weighted by atomic mass is 32.1. The van der Waals surface area contributed by atoms with E-state index in [9.17, 15) is 38.4 Å². The van der Waals surface area contributed by atoms with Gasteiger partial charge in [-0.3, -0.25) is 38.4 Å². The van der Waals surface area contributed by atoms with E-state index in [2.05, 4.69) is 51.8 Å². The van der Waals surface area contributed by atoms with E-state index in [0.29, 0.717) is 0 Å². The fraction of sp³-hybridized carbons (Fsp3) is 0.600. The molecule has 0 fully saturated rings. The molecule has 0 saturated carbocycles. The summed E-state index contributed by atoms with van der Waals surface area (Å²) in [7, 11) is 0. The molecule has 0 aliphatic rings. The molecule has 214 valence electrons. The van der Waals surface area contributed by atoms with Gasteiger partial charge in [0.05, 0.1) is 19.9 Å². The average Bonchev–Trinajstić information content (AvgIpc) is 2.83. The smallest absolute Gasteiger partial charge is 0.323 e.